The molecular weight excluding hydrogens is 188 g/mol. The summed E-state index contributed by atoms with van der Waals surface area (Å²) in [4.78, 5) is 22.8. The number of hydrogen-bond acceptors (Lipinski definition) is 5. The highest BCUT2D eigenvalue weighted by atomic mass is 16.6. The van der Waals surface area contributed by atoms with Crippen LogP contribution >= 0.6 is 0 Å². The van der Waals surface area contributed by atoms with E-state index in [2.05, 4.69) is 0 Å². The zero-order valence-electron chi connectivity index (χ0n) is 7.65. The SMILES string of the molecule is C[C@H]1O[C@@H](O)C2=C(CCOC2=O)C1=O. The summed E-state index contributed by atoms with van der Waals surface area (Å²) < 4.78 is 9.60. The van der Waals surface area contributed by atoms with Crippen LogP contribution in [0.5, 0.6) is 0 Å². The fourth-order valence-corrected chi connectivity index (χ4v) is 1.66. The van der Waals surface area contributed by atoms with E-state index < -0.39 is 18.4 Å². The van der Waals surface area contributed by atoms with Crippen LogP contribution < -0.4 is 0 Å². The minimum Gasteiger partial charge on any atom is -0.462 e. The summed E-state index contributed by atoms with van der Waals surface area (Å²) in [5.74, 6) is -0.888. The lowest BCUT2D eigenvalue weighted by molar-refractivity contribution is -0.163. The normalized spacial score (nSPS) is 32.7. The maximum atomic E-state index is 11.5. The van der Waals surface area contributed by atoms with Gasteiger partial charge in [0, 0.05) is 12.0 Å². The minimum absolute atomic E-state index is 0.0284. The third kappa shape index (κ3) is 1.25. The number of Topliss-reactive ketones (excluding diaryl/α,β-unsaturated/α-hetero) is 1. The summed E-state index contributed by atoms with van der Waals surface area (Å²) in [6.07, 6.45) is -1.65. The first-order valence-electron chi connectivity index (χ1n) is 4.39. The summed E-state index contributed by atoms with van der Waals surface area (Å²) >= 11 is 0. The van der Waals surface area contributed by atoms with Crippen molar-refractivity contribution in [3.63, 3.8) is 0 Å². The Hall–Kier alpha value is -1.20. The van der Waals surface area contributed by atoms with Crippen molar-refractivity contribution >= 4 is 11.8 Å². The predicted molar refractivity (Wildman–Crippen MR) is 44.2 cm³/mol. The average molecular weight is 198 g/mol. The molecule has 1 N–H and O–H groups in total. The Morgan fingerprint density at radius 2 is 2.14 bits per heavy atom. The number of ether oxygens (including phenoxy) is 2. The monoisotopic (exact) mass is 198 g/mol. The van der Waals surface area contributed by atoms with E-state index in [0.717, 1.165) is 0 Å². The fourth-order valence-electron chi connectivity index (χ4n) is 1.66. The van der Waals surface area contributed by atoms with E-state index in [1.807, 2.05) is 0 Å². The van der Waals surface area contributed by atoms with Gasteiger partial charge < -0.3 is 14.6 Å². The van der Waals surface area contributed by atoms with E-state index in [4.69, 9.17) is 9.47 Å². The van der Waals surface area contributed by atoms with Crippen LogP contribution in [0, 0.1) is 0 Å². The first-order chi connectivity index (χ1) is 6.61. The van der Waals surface area contributed by atoms with E-state index >= 15 is 0 Å². The molecule has 0 amide bonds. The molecule has 5 nitrogen and oxygen atoms in total. The van der Waals surface area contributed by atoms with Crippen LogP contribution in [0.2, 0.25) is 0 Å². The zero-order chi connectivity index (χ0) is 10.3. The van der Waals surface area contributed by atoms with E-state index in [1.165, 1.54) is 0 Å². The first-order valence-corrected chi connectivity index (χ1v) is 4.39. The summed E-state index contributed by atoms with van der Waals surface area (Å²) in [7, 11) is 0. The second kappa shape index (κ2) is 3.18. The topological polar surface area (TPSA) is 72.8 Å². The lowest BCUT2D eigenvalue weighted by Crippen LogP contribution is -2.41. The van der Waals surface area contributed by atoms with Gasteiger partial charge in [0.2, 0.25) is 0 Å². The third-order valence-corrected chi connectivity index (χ3v) is 2.38. The Balaban J connectivity index is 2.46. The van der Waals surface area contributed by atoms with Crippen molar-refractivity contribution < 1.29 is 24.2 Å². The first kappa shape index (κ1) is 9.36. The van der Waals surface area contributed by atoms with Crippen LogP contribution in [-0.2, 0) is 19.1 Å². The molecule has 0 aromatic heterocycles. The number of esters is 1. The minimum atomic E-state index is -1.33. The summed E-state index contributed by atoms with van der Waals surface area (Å²) in [6, 6.07) is 0. The lowest BCUT2D eigenvalue weighted by Gasteiger charge is -2.29. The Morgan fingerprint density at radius 1 is 1.43 bits per heavy atom. The molecule has 2 atom stereocenters. The van der Waals surface area contributed by atoms with Crippen molar-refractivity contribution in [3.05, 3.63) is 11.1 Å². The molecule has 0 saturated carbocycles. The van der Waals surface area contributed by atoms with Gasteiger partial charge in [-0.15, -0.1) is 0 Å². The molecule has 5 heteroatoms. The molecule has 0 saturated heterocycles. The van der Waals surface area contributed by atoms with Gasteiger partial charge in [0.25, 0.3) is 0 Å². The number of rotatable bonds is 0. The van der Waals surface area contributed by atoms with Crippen molar-refractivity contribution in [1.29, 1.82) is 0 Å². The van der Waals surface area contributed by atoms with E-state index in [-0.39, 0.29) is 18.0 Å². The largest absolute Gasteiger partial charge is 0.462 e. The van der Waals surface area contributed by atoms with Crippen LogP contribution in [0.25, 0.3) is 0 Å². The smallest absolute Gasteiger partial charge is 0.339 e. The van der Waals surface area contributed by atoms with Gasteiger partial charge in [-0.25, -0.2) is 4.79 Å². The van der Waals surface area contributed by atoms with Crippen LogP contribution in [-0.4, -0.2) is 35.9 Å². The van der Waals surface area contributed by atoms with Crippen LogP contribution in [0.1, 0.15) is 13.3 Å². The number of carbonyl (C=O) groups is 2. The maximum Gasteiger partial charge on any atom is 0.339 e. The molecule has 76 valence electrons. The van der Waals surface area contributed by atoms with Crippen molar-refractivity contribution in [2.75, 3.05) is 6.61 Å². The number of aliphatic hydroxyl groups excluding tert-OH is 1. The van der Waals surface area contributed by atoms with Gasteiger partial charge in [-0.1, -0.05) is 0 Å². The molecule has 0 aromatic carbocycles. The highest BCUT2D eigenvalue weighted by Gasteiger charge is 2.39. The van der Waals surface area contributed by atoms with Crippen LogP contribution in [0.3, 0.4) is 0 Å². The number of aliphatic hydroxyl groups is 1. The van der Waals surface area contributed by atoms with Gasteiger partial charge in [-0.3, -0.25) is 4.79 Å². The molecule has 0 unspecified atom stereocenters. The average Bonchev–Trinajstić information content (AvgIpc) is 2.14. The zero-order valence-corrected chi connectivity index (χ0v) is 7.65. The predicted octanol–water partition coefficient (Wildman–Crippen LogP) is -0.464. The Bertz CT molecular complexity index is 330. The van der Waals surface area contributed by atoms with E-state index in [1.54, 1.807) is 6.92 Å². The Morgan fingerprint density at radius 3 is 2.86 bits per heavy atom. The second-order valence-corrected chi connectivity index (χ2v) is 3.27. The Kier molecular flexibility index (Phi) is 2.13. The third-order valence-electron chi connectivity index (χ3n) is 2.38. The van der Waals surface area contributed by atoms with Crippen molar-refractivity contribution in [2.45, 2.75) is 25.7 Å². The van der Waals surface area contributed by atoms with Gasteiger partial charge in [0.1, 0.15) is 6.10 Å². The summed E-state index contributed by atoms with van der Waals surface area (Å²) in [6.45, 7) is 1.75. The van der Waals surface area contributed by atoms with Gasteiger partial charge in [-0.2, -0.15) is 0 Å². The van der Waals surface area contributed by atoms with Crippen LogP contribution in [0.15, 0.2) is 11.1 Å². The number of hydrogen-bond donors (Lipinski definition) is 1. The summed E-state index contributed by atoms with van der Waals surface area (Å²) in [5.41, 5.74) is 0.326. The molecule has 0 aromatic rings. The molecule has 2 rings (SSSR count). The quantitative estimate of drug-likeness (QED) is 0.533. The fraction of sp³-hybridized carbons (Fsp3) is 0.556. The molecule has 0 aliphatic carbocycles. The molecule has 2 aliphatic rings. The van der Waals surface area contributed by atoms with Gasteiger partial charge in [0.15, 0.2) is 12.1 Å². The number of carbonyl (C=O) groups excluding carboxylic acids is 2. The van der Waals surface area contributed by atoms with Crippen molar-refractivity contribution in [1.82, 2.24) is 0 Å². The molecule has 14 heavy (non-hydrogen) atoms. The molecule has 0 radical (unpaired) electrons. The summed E-state index contributed by atoms with van der Waals surface area (Å²) in [5, 5.41) is 9.43. The highest BCUT2D eigenvalue weighted by Crippen LogP contribution is 2.28. The molecule has 2 heterocycles. The molecule has 0 bridgehead atoms. The number of ketones is 1. The van der Waals surface area contributed by atoms with Gasteiger partial charge >= 0.3 is 5.97 Å². The van der Waals surface area contributed by atoms with E-state index in [0.29, 0.717) is 12.0 Å². The Labute approximate surface area is 80.3 Å². The second-order valence-electron chi connectivity index (χ2n) is 3.27. The number of cyclic esters (lactones) is 1. The van der Waals surface area contributed by atoms with Gasteiger partial charge in [0.05, 0.1) is 12.2 Å². The van der Waals surface area contributed by atoms with Crippen molar-refractivity contribution in [3.8, 4) is 0 Å². The molecule has 2 aliphatic heterocycles. The van der Waals surface area contributed by atoms with Crippen LogP contribution in [0.4, 0.5) is 0 Å². The van der Waals surface area contributed by atoms with Crippen molar-refractivity contribution in [2.24, 2.45) is 0 Å². The lowest BCUT2D eigenvalue weighted by atomic mass is 9.93. The van der Waals surface area contributed by atoms with Gasteiger partial charge in [-0.05, 0) is 6.92 Å². The standard InChI is InChI=1S/C9H10O5/c1-4-7(10)5-2-3-13-8(11)6(5)9(12)14-4/h4,9,12H,2-3H2,1H3/t4-,9-/m1/s1. The highest BCUT2D eigenvalue weighted by molar-refractivity contribution is 6.07. The molecule has 0 spiro atoms. The maximum absolute atomic E-state index is 11.5. The molecule has 0 fully saturated rings. The van der Waals surface area contributed by atoms with E-state index in [9.17, 15) is 14.7 Å². The molecular formula is C9H10O5.